The van der Waals surface area contributed by atoms with Gasteiger partial charge in [-0.25, -0.2) is 4.79 Å². The van der Waals surface area contributed by atoms with Crippen LogP contribution in [0.25, 0.3) is 0 Å². The van der Waals surface area contributed by atoms with Crippen LogP contribution in [-0.2, 0) is 14.3 Å². The highest BCUT2D eigenvalue weighted by molar-refractivity contribution is 5.87. The van der Waals surface area contributed by atoms with Crippen LogP contribution in [0.4, 0.5) is 0 Å². The van der Waals surface area contributed by atoms with Gasteiger partial charge in [0.1, 0.15) is 6.10 Å². The van der Waals surface area contributed by atoms with Gasteiger partial charge in [0.15, 0.2) is 0 Å². The minimum Gasteiger partial charge on any atom is -0.456 e. The summed E-state index contributed by atoms with van der Waals surface area (Å²) in [6.07, 6.45) is 5.24. The van der Waals surface area contributed by atoms with Gasteiger partial charge >= 0.3 is 5.97 Å². The molecule has 0 amide bonds. The predicted molar refractivity (Wildman–Crippen MR) is 67.9 cm³/mol. The van der Waals surface area contributed by atoms with Crippen molar-refractivity contribution in [3.63, 3.8) is 0 Å². The molecule has 2 bridgehead atoms. The summed E-state index contributed by atoms with van der Waals surface area (Å²) in [6.45, 7) is 5.37. The average Bonchev–Trinajstić information content (AvgIpc) is 2.98. The lowest BCUT2D eigenvalue weighted by Gasteiger charge is -2.36. The highest BCUT2D eigenvalue weighted by Gasteiger charge is 2.60. The van der Waals surface area contributed by atoms with E-state index in [1.165, 1.54) is 25.7 Å². The number of fused-ring (bicyclic) bond motifs is 5. The molecule has 3 heteroatoms. The molecule has 0 aromatic carbocycles. The first kappa shape index (κ1) is 12.2. The number of carbonyl (C=O) groups is 1. The summed E-state index contributed by atoms with van der Waals surface area (Å²) in [4.78, 5) is 11.8. The van der Waals surface area contributed by atoms with Gasteiger partial charge in [-0.2, -0.15) is 0 Å². The molecule has 3 nitrogen and oxygen atoms in total. The van der Waals surface area contributed by atoms with Gasteiger partial charge in [0, 0.05) is 18.6 Å². The minimum absolute atomic E-state index is 0.0384. The predicted octanol–water partition coefficient (Wildman–Crippen LogP) is 2.56. The lowest BCUT2D eigenvalue weighted by molar-refractivity contribution is -0.159. The highest BCUT2D eigenvalue weighted by Crippen LogP contribution is 2.60. The van der Waals surface area contributed by atoms with Crippen molar-refractivity contribution >= 4 is 5.97 Å². The molecule has 3 rings (SSSR count). The molecule has 3 fully saturated rings. The molecule has 3 aliphatic carbocycles. The van der Waals surface area contributed by atoms with E-state index in [-0.39, 0.29) is 18.2 Å². The maximum atomic E-state index is 11.8. The maximum absolute atomic E-state index is 11.8. The third-order valence-electron chi connectivity index (χ3n) is 5.30. The summed E-state index contributed by atoms with van der Waals surface area (Å²) < 4.78 is 11.3. The summed E-state index contributed by atoms with van der Waals surface area (Å²) in [7, 11) is 1.75. The Bertz CT molecular complexity index is 376. The average molecular weight is 250 g/mol. The number of hydrogen-bond acceptors (Lipinski definition) is 3. The molecule has 0 heterocycles. The zero-order valence-corrected chi connectivity index (χ0v) is 11.2. The van der Waals surface area contributed by atoms with Crippen molar-refractivity contribution < 1.29 is 14.3 Å². The molecular weight excluding hydrogens is 228 g/mol. The first-order valence-corrected chi connectivity index (χ1v) is 7.02. The second-order valence-corrected chi connectivity index (χ2v) is 6.17. The monoisotopic (exact) mass is 250 g/mol. The fourth-order valence-corrected chi connectivity index (χ4v) is 4.67. The molecule has 0 aromatic heterocycles. The van der Waals surface area contributed by atoms with E-state index in [1.54, 1.807) is 14.0 Å². The zero-order valence-electron chi connectivity index (χ0n) is 11.2. The van der Waals surface area contributed by atoms with Crippen molar-refractivity contribution in [3.05, 3.63) is 12.2 Å². The van der Waals surface area contributed by atoms with Crippen LogP contribution >= 0.6 is 0 Å². The Kier molecular flexibility index (Phi) is 2.97. The fourth-order valence-electron chi connectivity index (χ4n) is 4.67. The first-order valence-electron chi connectivity index (χ1n) is 7.02. The number of ether oxygens (including phenoxy) is 2. The second kappa shape index (κ2) is 4.37. The summed E-state index contributed by atoms with van der Waals surface area (Å²) in [6, 6.07) is 0. The van der Waals surface area contributed by atoms with Gasteiger partial charge in [-0.3, -0.25) is 0 Å². The number of esters is 1. The molecule has 6 atom stereocenters. The van der Waals surface area contributed by atoms with E-state index in [9.17, 15) is 4.79 Å². The Morgan fingerprint density at radius 3 is 2.28 bits per heavy atom. The topological polar surface area (TPSA) is 35.5 Å². The van der Waals surface area contributed by atoms with Crippen LogP contribution in [0.1, 0.15) is 32.6 Å². The maximum Gasteiger partial charge on any atom is 0.333 e. The second-order valence-electron chi connectivity index (χ2n) is 6.17. The Morgan fingerprint density at radius 2 is 1.72 bits per heavy atom. The molecule has 0 aromatic rings. The van der Waals surface area contributed by atoms with Crippen molar-refractivity contribution in [3.8, 4) is 0 Å². The summed E-state index contributed by atoms with van der Waals surface area (Å²) in [5.74, 6) is 2.46. The third kappa shape index (κ3) is 1.63. The van der Waals surface area contributed by atoms with Crippen molar-refractivity contribution in [2.75, 3.05) is 7.11 Å². The molecule has 3 aliphatic rings. The standard InChI is InChI=1S/C15H22O3/c1-8(2)15(16)18-14-12-7-11(13(14)17-3)9-5-4-6-10(9)12/h9-14H,1,4-7H2,2-3H3/t9?,10-,11?,12?,13?,14?/m1/s1. The molecule has 100 valence electrons. The largest absolute Gasteiger partial charge is 0.456 e. The van der Waals surface area contributed by atoms with Gasteiger partial charge in [0.25, 0.3) is 0 Å². The number of carbonyl (C=O) groups excluding carboxylic acids is 1. The van der Waals surface area contributed by atoms with Gasteiger partial charge < -0.3 is 9.47 Å². The SMILES string of the molecule is C=C(C)C(=O)OC1C(OC)C2CC1[C@@H]1CCCC21. The fraction of sp³-hybridized carbons (Fsp3) is 0.800. The normalized spacial score (nSPS) is 45.0. The quantitative estimate of drug-likeness (QED) is 0.570. The van der Waals surface area contributed by atoms with Gasteiger partial charge in [-0.15, -0.1) is 0 Å². The summed E-state index contributed by atoms with van der Waals surface area (Å²) in [5, 5.41) is 0. The van der Waals surface area contributed by atoms with Crippen molar-refractivity contribution in [1.29, 1.82) is 0 Å². The van der Waals surface area contributed by atoms with Crippen molar-refractivity contribution in [1.82, 2.24) is 0 Å². The van der Waals surface area contributed by atoms with E-state index in [0.717, 1.165) is 11.8 Å². The lowest BCUT2D eigenvalue weighted by atomic mass is 9.78. The van der Waals surface area contributed by atoms with E-state index in [4.69, 9.17) is 9.47 Å². The summed E-state index contributed by atoms with van der Waals surface area (Å²) >= 11 is 0. The van der Waals surface area contributed by atoms with Gasteiger partial charge in [-0.05, 0) is 43.9 Å². The molecule has 0 radical (unpaired) electrons. The molecular formula is C15H22O3. The van der Waals surface area contributed by atoms with E-state index in [2.05, 4.69) is 6.58 Å². The molecule has 0 N–H and O–H groups in total. The van der Waals surface area contributed by atoms with Crippen molar-refractivity contribution in [2.45, 2.75) is 44.8 Å². The van der Waals surface area contributed by atoms with Gasteiger partial charge in [0.2, 0.25) is 0 Å². The van der Waals surface area contributed by atoms with E-state index >= 15 is 0 Å². The summed E-state index contributed by atoms with van der Waals surface area (Å²) in [5.41, 5.74) is 0.482. The number of methoxy groups -OCH3 is 1. The molecule has 3 saturated carbocycles. The Labute approximate surface area is 109 Å². The third-order valence-corrected chi connectivity index (χ3v) is 5.30. The van der Waals surface area contributed by atoms with Crippen molar-refractivity contribution in [2.24, 2.45) is 23.7 Å². The Morgan fingerprint density at radius 1 is 1.11 bits per heavy atom. The number of rotatable bonds is 3. The van der Waals surface area contributed by atoms with Crippen LogP contribution in [-0.4, -0.2) is 25.3 Å². The van der Waals surface area contributed by atoms with Crippen LogP contribution in [0.3, 0.4) is 0 Å². The molecule has 0 spiro atoms. The molecule has 0 saturated heterocycles. The zero-order chi connectivity index (χ0) is 12.9. The first-order chi connectivity index (χ1) is 8.63. The Hall–Kier alpha value is -0.830. The smallest absolute Gasteiger partial charge is 0.333 e. The van der Waals surface area contributed by atoms with Crippen LogP contribution in [0, 0.1) is 23.7 Å². The lowest BCUT2D eigenvalue weighted by Crippen LogP contribution is -2.44. The van der Waals surface area contributed by atoms with Crippen LogP contribution in [0.15, 0.2) is 12.2 Å². The van der Waals surface area contributed by atoms with Crippen LogP contribution in [0.5, 0.6) is 0 Å². The van der Waals surface area contributed by atoms with E-state index < -0.39 is 0 Å². The van der Waals surface area contributed by atoms with Gasteiger partial charge in [0.05, 0.1) is 6.10 Å². The highest BCUT2D eigenvalue weighted by atomic mass is 16.6. The van der Waals surface area contributed by atoms with Gasteiger partial charge in [-0.1, -0.05) is 13.0 Å². The van der Waals surface area contributed by atoms with E-state index in [1.807, 2.05) is 0 Å². The molecule has 18 heavy (non-hydrogen) atoms. The Balaban J connectivity index is 1.78. The minimum atomic E-state index is -0.260. The van der Waals surface area contributed by atoms with Crippen LogP contribution < -0.4 is 0 Å². The van der Waals surface area contributed by atoms with Crippen LogP contribution in [0.2, 0.25) is 0 Å². The molecule has 0 aliphatic heterocycles. The number of hydrogen-bond donors (Lipinski definition) is 0. The molecule has 5 unspecified atom stereocenters. The van der Waals surface area contributed by atoms with E-state index in [0.29, 0.717) is 17.4 Å².